The van der Waals surface area contributed by atoms with Crippen molar-refractivity contribution < 1.29 is 14.7 Å². The molecule has 0 atom stereocenters. The third kappa shape index (κ3) is 4.52. The van der Waals surface area contributed by atoms with Gasteiger partial charge in [-0.2, -0.15) is 0 Å². The maximum Gasteiger partial charge on any atom is 0.303 e. The van der Waals surface area contributed by atoms with Crippen LogP contribution in [0, 0.1) is 0 Å². The molecule has 1 heterocycles. The minimum atomic E-state index is -0.977. The molecule has 0 aliphatic rings. The van der Waals surface area contributed by atoms with Gasteiger partial charge in [0.25, 0.3) is 0 Å². The van der Waals surface area contributed by atoms with E-state index in [0.717, 1.165) is 5.56 Å². The van der Waals surface area contributed by atoms with Crippen molar-refractivity contribution in [2.75, 3.05) is 0 Å². The Morgan fingerprint density at radius 2 is 2.00 bits per heavy atom. The number of aromatic nitrogens is 1. The first-order chi connectivity index (χ1) is 9.95. The van der Waals surface area contributed by atoms with Gasteiger partial charge in [0.1, 0.15) is 10.8 Å². The molecule has 0 amide bonds. The topological polar surface area (TPSA) is 67.3 Å². The molecule has 1 aromatic carbocycles. The Hall–Kier alpha value is -1.43. The number of hydrogen-bond donors (Lipinski definition) is 1. The highest BCUT2D eigenvalue weighted by Crippen LogP contribution is 2.32. The lowest BCUT2D eigenvalue weighted by Gasteiger charge is -2.00. The van der Waals surface area contributed by atoms with Crippen LogP contribution >= 0.6 is 34.5 Å². The normalized spacial score (nSPS) is 10.6. The summed E-state index contributed by atoms with van der Waals surface area (Å²) in [5.41, 5.74) is 1.38. The Kier molecular flexibility index (Phi) is 5.33. The van der Waals surface area contributed by atoms with Gasteiger partial charge in [0, 0.05) is 28.8 Å². The largest absolute Gasteiger partial charge is 0.481 e. The van der Waals surface area contributed by atoms with E-state index in [1.54, 1.807) is 23.6 Å². The number of carboxylic acids is 1. The van der Waals surface area contributed by atoms with Gasteiger partial charge in [0.05, 0.1) is 17.1 Å². The van der Waals surface area contributed by atoms with Crippen LogP contribution < -0.4 is 0 Å². The highest BCUT2D eigenvalue weighted by atomic mass is 35.5. The van der Waals surface area contributed by atoms with Crippen molar-refractivity contribution in [3.8, 4) is 10.6 Å². The van der Waals surface area contributed by atoms with Crippen molar-refractivity contribution in [3.63, 3.8) is 0 Å². The molecule has 21 heavy (non-hydrogen) atoms. The molecule has 0 aliphatic heterocycles. The van der Waals surface area contributed by atoms with Gasteiger partial charge in [-0.15, -0.1) is 11.3 Å². The fourth-order valence-corrected chi connectivity index (χ4v) is 3.12. The molecule has 0 fully saturated rings. The lowest BCUT2D eigenvalue weighted by Crippen LogP contribution is -2.06. The van der Waals surface area contributed by atoms with Crippen molar-refractivity contribution in [3.05, 3.63) is 39.3 Å². The molecule has 0 bridgehead atoms. The van der Waals surface area contributed by atoms with E-state index in [4.69, 9.17) is 28.3 Å². The van der Waals surface area contributed by atoms with Crippen LogP contribution in [0.4, 0.5) is 0 Å². The van der Waals surface area contributed by atoms with E-state index in [1.165, 1.54) is 11.3 Å². The van der Waals surface area contributed by atoms with E-state index in [2.05, 4.69) is 4.98 Å². The summed E-state index contributed by atoms with van der Waals surface area (Å²) in [6, 6.07) is 5.14. The molecule has 110 valence electrons. The van der Waals surface area contributed by atoms with E-state index in [-0.39, 0.29) is 25.0 Å². The number of rotatable bonds is 6. The van der Waals surface area contributed by atoms with Gasteiger partial charge < -0.3 is 5.11 Å². The summed E-state index contributed by atoms with van der Waals surface area (Å²) in [4.78, 5) is 26.4. The van der Waals surface area contributed by atoms with E-state index in [1.807, 2.05) is 0 Å². The zero-order valence-electron chi connectivity index (χ0n) is 10.8. The van der Waals surface area contributed by atoms with E-state index in [9.17, 15) is 9.59 Å². The fourth-order valence-electron chi connectivity index (χ4n) is 1.71. The minimum absolute atomic E-state index is 0.0178. The first kappa shape index (κ1) is 15.9. The average Bonchev–Trinajstić information content (AvgIpc) is 2.84. The summed E-state index contributed by atoms with van der Waals surface area (Å²) >= 11 is 13.3. The molecular weight excluding hydrogens is 333 g/mol. The van der Waals surface area contributed by atoms with Crippen LogP contribution in [0.1, 0.15) is 18.5 Å². The number of ketones is 1. The summed E-state index contributed by atoms with van der Waals surface area (Å²) in [5, 5.41) is 12.1. The Morgan fingerprint density at radius 3 is 2.67 bits per heavy atom. The van der Waals surface area contributed by atoms with Crippen molar-refractivity contribution in [1.82, 2.24) is 4.98 Å². The standard InChI is InChI=1S/C14H11Cl2NO3S/c15-8-1-3-11(12(16)5-8)14-17-9(7-21-14)6-10(18)2-4-13(19)20/h1,3,5,7H,2,4,6H2,(H,19,20). The summed E-state index contributed by atoms with van der Waals surface area (Å²) in [7, 11) is 0. The van der Waals surface area contributed by atoms with E-state index >= 15 is 0 Å². The predicted octanol–water partition coefficient (Wildman–Crippen LogP) is 4.09. The summed E-state index contributed by atoms with van der Waals surface area (Å²) in [6.45, 7) is 0. The maximum absolute atomic E-state index is 11.6. The highest BCUT2D eigenvalue weighted by molar-refractivity contribution is 7.13. The smallest absolute Gasteiger partial charge is 0.303 e. The zero-order valence-corrected chi connectivity index (χ0v) is 13.1. The minimum Gasteiger partial charge on any atom is -0.481 e. The molecule has 2 rings (SSSR count). The van der Waals surface area contributed by atoms with Crippen LogP contribution in [0.3, 0.4) is 0 Å². The number of hydrogen-bond acceptors (Lipinski definition) is 4. The number of carbonyl (C=O) groups is 2. The molecule has 1 N–H and O–H groups in total. The van der Waals surface area contributed by atoms with E-state index in [0.29, 0.717) is 20.7 Å². The molecule has 2 aromatic rings. The van der Waals surface area contributed by atoms with Gasteiger partial charge in [-0.25, -0.2) is 4.98 Å². The Labute approximate surface area is 135 Å². The van der Waals surface area contributed by atoms with Crippen LogP contribution in [-0.4, -0.2) is 21.8 Å². The second-order valence-electron chi connectivity index (χ2n) is 4.38. The van der Waals surface area contributed by atoms with Crippen molar-refractivity contribution in [2.24, 2.45) is 0 Å². The molecule has 0 aliphatic carbocycles. The van der Waals surface area contributed by atoms with Gasteiger partial charge in [0.2, 0.25) is 0 Å². The molecule has 4 nitrogen and oxygen atoms in total. The molecule has 0 unspecified atom stereocenters. The van der Waals surface area contributed by atoms with Crippen molar-refractivity contribution in [1.29, 1.82) is 0 Å². The molecular formula is C14H11Cl2NO3S. The van der Waals surface area contributed by atoms with Gasteiger partial charge in [0.15, 0.2) is 0 Å². The second kappa shape index (κ2) is 7.02. The van der Waals surface area contributed by atoms with Crippen LogP contribution in [0.5, 0.6) is 0 Å². The number of carboxylic acid groups (broad SMARTS) is 1. The Bertz CT molecular complexity index is 685. The van der Waals surface area contributed by atoms with Crippen LogP contribution in [0.25, 0.3) is 10.6 Å². The first-order valence-electron chi connectivity index (χ1n) is 6.09. The van der Waals surface area contributed by atoms with Crippen LogP contribution in [-0.2, 0) is 16.0 Å². The molecule has 0 saturated carbocycles. The van der Waals surface area contributed by atoms with Crippen LogP contribution in [0.15, 0.2) is 23.6 Å². The van der Waals surface area contributed by atoms with Gasteiger partial charge in [-0.05, 0) is 18.2 Å². The maximum atomic E-state index is 11.6. The zero-order chi connectivity index (χ0) is 15.4. The summed E-state index contributed by atoms with van der Waals surface area (Å²) in [6.07, 6.45) is -0.00226. The monoisotopic (exact) mass is 343 g/mol. The Morgan fingerprint density at radius 1 is 1.24 bits per heavy atom. The lowest BCUT2D eigenvalue weighted by molar-refractivity contribution is -0.138. The number of benzene rings is 1. The third-order valence-corrected chi connectivity index (χ3v) is 4.18. The molecule has 7 heteroatoms. The number of nitrogens with zero attached hydrogens (tertiary/aromatic N) is 1. The SMILES string of the molecule is O=C(O)CCC(=O)Cc1csc(-c2ccc(Cl)cc2Cl)n1. The predicted molar refractivity (Wildman–Crippen MR) is 83.2 cm³/mol. The fraction of sp³-hybridized carbons (Fsp3) is 0.214. The third-order valence-electron chi connectivity index (χ3n) is 2.71. The van der Waals surface area contributed by atoms with Gasteiger partial charge in [-0.1, -0.05) is 23.2 Å². The lowest BCUT2D eigenvalue weighted by atomic mass is 10.1. The number of halogens is 2. The van der Waals surface area contributed by atoms with Crippen LogP contribution in [0.2, 0.25) is 10.0 Å². The Balaban J connectivity index is 2.07. The molecule has 0 radical (unpaired) electrons. The van der Waals surface area contributed by atoms with Gasteiger partial charge >= 0.3 is 5.97 Å². The van der Waals surface area contributed by atoms with Crippen molar-refractivity contribution in [2.45, 2.75) is 19.3 Å². The van der Waals surface area contributed by atoms with E-state index < -0.39 is 5.97 Å². The van der Waals surface area contributed by atoms with Gasteiger partial charge in [-0.3, -0.25) is 9.59 Å². The number of thiazole rings is 1. The summed E-state index contributed by atoms with van der Waals surface area (Å²) in [5.74, 6) is -1.12. The number of Topliss-reactive ketones (excluding diaryl/α,β-unsaturated/α-hetero) is 1. The molecule has 0 saturated heterocycles. The highest BCUT2D eigenvalue weighted by Gasteiger charge is 2.12. The second-order valence-corrected chi connectivity index (χ2v) is 6.08. The quantitative estimate of drug-likeness (QED) is 0.857. The average molecular weight is 344 g/mol. The molecule has 1 aromatic heterocycles. The first-order valence-corrected chi connectivity index (χ1v) is 7.72. The number of carbonyl (C=O) groups excluding carboxylic acids is 1. The van der Waals surface area contributed by atoms with Crippen molar-refractivity contribution >= 4 is 46.3 Å². The molecule has 0 spiro atoms. The number of aliphatic carboxylic acids is 1. The summed E-state index contributed by atoms with van der Waals surface area (Å²) < 4.78 is 0.